The van der Waals surface area contributed by atoms with Crippen molar-refractivity contribution >= 4 is 11.9 Å². The average molecular weight is 370 g/mol. The zero-order valence-corrected chi connectivity index (χ0v) is 15.0. The number of nitrogens with zero attached hydrogens (tertiary/aromatic N) is 2. The van der Waals surface area contributed by atoms with Gasteiger partial charge in [0.1, 0.15) is 5.69 Å². The summed E-state index contributed by atoms with van der Waals surface area (Å²) in [6.07, 6.45) is 4.36. The summed E-state index contributed by atoms with van der Waals surface area (Å²) >= 11 is 0. The SMILES string of the molecule is NC(=O)[C@H]1CC[C@H](Nc2ncc(F)c(-c3cccc(C4COC4)c3)n2)CC1. The third-order valence-corrected chi connectivity index (χ3v) is 5.48. The van der Waals surface area contributed by atoms with Gasteiger partial charge in [0, 0.05) is 23.4 Å². The second kappa shape index (κ2) is 7.60. The largest absolute Gasteiger partial charge is 0.380 e. The van der Waals surface area contributed by atoms with E-state index in [1.807, 2.05) is 24.3 Å². The molecular weight excluding hydrogens is 347 g/mol. The Morgan fingerprint density at radius 2 is 2.00 bits per heavy atom. The Morgan fingerprint density at radius 1 is 1.22 bits per heavy atom. The van der Waals surface area contributed by atoms with Crippen molar-refractivity contribution in [2.24, 2.45) is 11.7 Å². The van der Waals surface area contributed by atoms with Crippen LogP contribution >= 0.6 is 0 Å². The van der Waals surface area contributed by atoms with Crippen LogP contribution in [-0.2, 0) is 9.53 Å². The molecule has 0 atom stereocenters. The van der Waals surface area contributed by atoms with Crippen molar-refractivity contribution in [1.29, 1.82) is 0 Å². The van der Waals surface area contributed by atoms with Crippen molar-refractivity contribution in [1.82, 2.24) is 9.97 Å². The summed E-state index contributed by atoms with van der Waals surface area (Å²) in [6.45, 7) is 1.41. The summed E-state index contributed by atoms with van der Waals surface area (Å²) in [5.41, 5.74) is 7.54. The molecule has 2 fully saturated rings. The molecule has 6 nitrogen and oxygen atoms in total. The number of carbonyl (C=O) groups is 1. The van der Waals surface area contributed by atoms with Gasteiger partial charge in [-0.3, -0.25) is 4.79 Å². The van der Waals surface area contributed by atoms with Crippen LogP contribution in [0.25, 0.3) is 11.3 Å². The quantitative estimate of drug-likeness (QED) is 0.845. The molecule has 1 aromatic heterocycles. The zero-order valence-electron chi connectivity index (χ0n) is 15.0. The van der Waals surface area contributed by atoms with Crippen molar-refractivity contribution in [3.8, 4) is 11.3 Å². The van der Waals surface area contributed by atoms with E-state index in [0.717, 1.165) is 36.8 Å². The lowest BCUT2D eigenvalue weighted by atomic mass is 9.86. The van der Waals surface area contributed by atoms with Gasteiger partial charge in [0.05, 0.1) is 19.4 Å². The van der Waals surface area contributed by atoms with E-state index in [-0.39, 0.29) is 17.9 Å². The number of halogens is 1. The fraction of sp³-hybridized carbons (Fsp3) is 0.450. The Kier molecular flexibility index (Phi) is 5.03. The number of amides is 1. The van der Waals surface area contributed by atoms with Gasteiger partial charge >= 0.3 is 0 Å². The predicted octanol–water partition coefficient (Wildman–Crippen LogP) is 2.85. The van der Waals surface area contributed by atoms with Crippen LogP contribution in [0.15, 0.2) is 30.5 Å². The normalized spacial score (nSPS) is 22.9. The molecule has 2 aliphatic rings. The molecule has 0 spiro atoms. The number of hydrogen-bond acceptors (Lipinski definition) is 5. The van der Waals surface area contributed by atoms with E-state index in [4.69, 9.17) is 10.5 Å². The maximum atomic E-state index is 14.4. The van der Waals surface area contributed by atoms with Crippen LogP contribution < -0.4 is 11.1 Å². The topological polar surface area (TPSA) is 90.1 Å². The van der Waals surface area contributed by atoms with Gasteiger partial charge < -0.3 is 15.8 Å². The summed E-state index contributed by atoms with van der Waals surface area (Å²) < 4.78 is 19.6. The molecule has 1 amide bonds. The maximum absolute atomic E-state index is 14.4. The molecule has 27 heavy (non-hydrogen) atoms. The molecule has 1 aliphatic carbocycles. The lowest BCUT2D eigenvalue weighted by molar-refractivity contribution is -0.122. The third-order valence-electron chi connectivity index (χ3n) is 5.48. The summed E-state index contributed by atoms with van der Waals surface area (Å²) in [5, 5.41) is 3.28. The molecule has 1 saturated heterocycles. The second-order valence-corrected chi connectivity index (χ2v) is 7.35. The number of rotatable bonds is 5. The van der Waals surface area contributed by atoms with Crippen LogP contribution in [-0.4, -0.2) is 35.1 Å². The lowest BCUT2D eigenvalue weighted by Crippen LogP contribution is -2.32. The summed E-state index contributed by atoms with van der Waals surface area (Å²) in [4.78, 5) is 19.8. The van der Waals surface area contributed by atoms with Crippen LogP contribution in [0.3, 0.4) is 0 Å². The Morgan fingerprint density at radius 3 is 2.67 bits per heavy atom. The molecule has 0 unspecified atom stereocenters. The average Bonchev–Trinajstić information content (AvgIpc) is 2.62. The van der Waals surface area contributed by atoms with E-state index in [1.165, 1.54) is 6.20 Å². The first-order chi connectivity index (χ1) is 13.1. The predicted molar refractivity (Wildman–Crippen MR) is 99.5 cm³/mol. The van der Waals surface area contributed by atoms with Crippen molar-refractivity contribution in [3.05, 3.63) is 41.8 Å². The highest BCUT2D eigenvalue weighted by Gasteiger charge is 2.25. The lowest BCUT2D eigenvalue weighted by Gasteiger charge is -2.27. The van der Waals surface area contributed by atoms with E-state index in [1.54, 1.807) is 0 Å². The van der Waals surface area contributed by atoms with E-state index >= 15 is 0 Å². The zero-order chi connectivity index (χ0) is 18.8. The van der Waals surface area contributed by atoms with E-state index < -0.39 is 5.82 Å². The first kappa shape index (κ1) is 17.9. The monoisotopic (exact) mass is 370 g/mol. The van der Waals surface area contributed by atoms with Gasteiger partial charge in [-0.15, -0.1) is 0 Å². The number of ether oxygens (including phenoxy) is 1. The van der Waals surface area contributed by atoms with Crippen molar-refractivity contribution in [3.63, 3.8) is 0 Å². The number of aromatic nitrogens is 2. The summed E-state index contributed by atoms with van der Waals surface area (Å²) in [6, 6.07) is 7.95. The molecule has 142 valence electrons. The fourth-order valence-corrected chi connectivity index (χ4v) is 3.71. The maximum Gasteiger partial charge on any atom is 0.223 e. The Balaban J connectivity index is 1.49. The highest BCUT2D eigenvalue weighted by atomic mass is 19.1. The Hall–Kier alpha value is -2.54. The van der Waals surface area contributed by atoms with Crippen LogP contribution in [0.1, 0.15) is 37.2 Å². The molecule has 2 aromatic rings. The number of primary amides is 1. The van der Waals surface area contributed by atoms with Gasteiger partial charge in [0.15, 0.2) is 5.82 Å². The highest BCUT2D eigenvalue weighted by Crippen LogP contribution is 2.30. The van der Waals surface area contributed by atoms with Gasteiger partial charge in [-0.2, -0.15) is 0 Å². The molecule has 1 saturated carbocycles. The van der Waals surface area contributed by atoms with Gasteiger partial charge in [0.25, 0.3) is 0 Å². The van der Waals surface area contributed by atoms with E-state index in [0.29, 0.717) is 30.8 Å². The fourth-order valence-electron chi connectivity index (χ4n) is 3.71. The Labute approximate surface area is 157 Å². The van der Waals surface area contributed by atoms with Gasteiger partial charge in [0.2, 0.25) is 11.9 Å². The van der Waals surface area contributed by atoms with Crippen LogP contribution in [0.2, 0.25) is 0 Å². The standard InChI is InChI=1S/C20H23FN4O2/c21-17-9-23-20(24-16-6-4-12(5-7-16)19(22)26)25-18(17)14-3-1-2-13(8-14)15-10-27-11-15/h1-3,8-9,12,15-16H,4-7,10-11H2,(H2,22,26)(H,23,24,25)/t12-,16-. The number of hydrogen-bond donors (Lipinski definition) is 2. The molecule has 4 rings (SSSR count). The van der Waals surface area contributed by atoms with Crippen LogP contribution in [0.4, 0.5) is 10.3 Å². The number of anilines is 1. The van der Waals surface area contributed by atoms with Gasteiger partial charge in [-0.1, -0.05) is 18.2 Å². The molecule has 2 heterocycles. The molecule has 1 aliphatic heterocycles. The van der Waals surface area contributed by atoms with Crippen LogP contribution in [0.5, 0.6) is 0 Å². The van der Waals surface area contributed by atoms with Crippen LogP contribution in [0, 0.1) is 11.7 Å². The summed E-state index contributed by atoms with van der Waals surface area (Å²) in [5.74, 6) is 0.0515. The number of carbonyl (C=O) groups excluding carboxylic acids is 1. The van der Waals surface area contributed by atoms with Crippen molar-refractivity contribution in [2.75, 3.05) is 18.5 Å². The minimum Gasteiger partial charge on any atom is -0.380 e. The number of benzene rings is 1. The highest BCUT2D eigenvalue weighted by molar-refractivity contribution is 5.76. The van der Waals surface area contributed by atoms with Gasteiger partial charge in [-0.25, -0.2) is 14.4 Å². The molecule has 0 radical (unpaired) electrons. The smallest absolute Gasteiger partial charge is 0.223 e. The summed E-state index contributed by atoms with van der Waals surface area (Å²) in [7, 11) is 0. The number of nitrogens with one attached hydrogen (secondary N) is 1. The van der Waals surface area contributed by atoms with E-state index in [9.17, 15) is 9.18 Å². The minimum absolute atomic E-state index is 0.0500. The molecule has 7 heteroatoms. The van der Waals surface area contributed by atoms with E-state index in [2.05, 4.69) is 15.3 Å². The van der Waals surface area contributed by atoms with Gasteiger partial charge in [-0.05, 0) is 37.3 Å². The van der Waals surface area contributed by atoms with Crippen molar-refractivity contribution < 1.29 is 13.9 Å². The molecule has 3 N–H and O–H groups in total. The van der Waals surface area contributed by atoms with Crippen molar-refractivity contribution in [2.45, 2.75) is 37.6 Å². The molecule has 1 aromatic carbocycles. The minimum atomic E-state index is -0.444. The Bertz CT molecular complexity index is 832. The first-order valence-corrected chi connectivity index (χ1v) is 9.36. The molecular formula is C20H23FN4O2. The first-order valence-electron chi connectivity index (χ1n) is 9.36. The number of nitrogens with two attached hydrogens (primary N) is 1. The second-order valence-electron chi connectivity index (χ2n) is 7.35. The third kappa shape index (κ3) is 3.93. The molecule has 0 bridgehead atoms.